The lowest BCUT2D eigenvalue weighted by molar-refractivity contribution is 0.463. The van der Waals surface area contributed by atoms with Gasteiger partial charge in [-0.1, -0.05) is 50.2 Å². The molecule has 1 aliphatic rings. The normalized spacial score (nSPS) is 23.5. The van der Waals surface area contributed by atoms with Gasteiger partial charge in [0.25, 0.3) is 0 Å². The van der Waals surface area contributed by atoms with Crippen LogP contribution in [0.4, 0.5) is 0 Å². The van der Waals surface area contributed by atoms with Gasteiger partial charge in [-0.15, -0.1) is 0 Å². The fourth-order valence-electron chi connectivity index (χ4n) is 3.03. The third-order valence-corrected chi connectivity index (χ3v) is 4.35. The van der Waals surface area contributed by atoms with E-state index in [-0.39, 0.29) is 0 Å². The zero-order valence-electron chi connectivity index (χ0n) is 11.9. The first kappa shape index (κ1) is 12.7. The van der Waals surface area contributed by atoms with Gasteiger partial charge in [0.15, 0.2) is 0 Å². The molecule has 1 N–H and O–H groups in total. The SMILES string of the molecule is CCCNC(c1ccc2ccccc2c1)C1CC1C. The van der Waals surface area contributed by atoms with Crippen LogP contribution in [-0.2, 0) is 0 Å². The first-order chi connectivity index (χ1) is 9.29. The highest BCUT2D eigenvalue weighted by Gasteiger charge is 2.39. The van der Waals surface area contributed by atoms with Gasteiger partial charge in [-0.3, -0.25) is 0 Å². The van der Waals surface area contributed by atoms with Crippen molar-refractivity contribution in [3.8, 4) is 0 Å². The molecule has 3 atom stereocenters. The van der Waals surface area contributed by atoms with Crippen LogP contribution in [0.3, 0.4) is 0 Å². The van der Waals surface area contributed by atoms with E-state index in [9.17, 15) is 0 Å². The van der Waals surface area contributed by atoms with E-state index in [1.165, 1.54) is 29.2 Å². The van der Waals surface area contributed by atoms with E-state index in [0.29, 0.717) is 6.04 Å². The predicted octanol–water partition coefficient (Wildman–Crippen LogP) is 4.54. The Morgan fingerprint density at radius 2 is 1.89 bits per heavy atom. The minimum atomic E-state index is 0.541. The van der Waals surface area contributed by atoms with Crippen LogP contribution < -0.4 is 5.32 Å². The molecular weight excluding hydrogens is 230 g/mol. The Morgan fingerprint density at radius 3 is 2.58 bits per heavy atom. The summed E-state index contributed by atoms with van der Waals surface area (Å²) in [4.78, 5) is 0. The van der Waals surface area contributed by atoms with Gasteiger partial charge in [-0.05, 0) is 53.6 Å². The van der Waals surface area contributed by atoms with E-state index in [1.54, 1.807) is 0 Å². The van der Waals surface area contributed by atoms with Crippen molar-refractivity contribution in [3.63, 3.8) is 0 Å². The van der Waals surface area contributed by atoms with E-state index in [4.69, 9.17) is 0 Å². The predicted molar refractivity (Wildman–Crippen MR) is 82.3 cm³/mol. The lowest BCUT2D eigenvalue weighted by Gasteiger charge is -2.19. The van der Waals surface area contributed by atoms with Crippen molar-refractivity contribution in [1.82, 2.24) is 5.32 Å². The maximum Gasteiger partial charge on any atom is 0.0351 e. The number of hydrogen-bond acceptors (Lipinski definition) is 1. The monoisotopic (exact) mass is 253 g/mol. The maximum atomic E-state index is 3.74. The zero-order valence-corrected chi connectivity index (χ0v) is 11.9. The van der Waals surface area contributed by atoms with Crippen LogP contribution in [0, 0.1) is 11.8 Å². The van der Waals surface area contributed by atoms with Crippen LogP contribution in [0.15, 0.2) is 42.5 Å². The highest BCUT2D eigenvalue weighted by molar-refractivity contribution is 5.83. The first-order valence-electron chi connectivity index (χ1n) is 7.51. The average Bonchev–Trinajstić information content (AvgIpc) is 3.16. The summed E-state index contributed by atoms with van der Waals surface area (Å²) in [5.41, 5.74) is 1.46. The number of hydrogen-bond donors (Lipinski definition) is 1. The summed E-state index contributed by atoms with van der Waals surface area (Å²) >= 11 is 0. The summed E-state index contributed by atoms with van der Waals surface area (Å²) in [5, 5.41) is 6.44. The lowest BCUT2D eigenvalue weighted by atomic mass is 9.98. The van der Waals surface area contributed by atoms with Gasteiger partial charge in [0.05, 0.1) is 0 Å². The summed E-state index contributed by atoms with van der Waals surface area (Å²) in [5.74, 6) is 1.70. The Balaban J connectivity index is 1.90. The third kappa shape index (κ3) is 2.66. The van der Waals surface area contributed by atoms with Gasteiger partial charge >= 0.3 is 0 Å². The number of rotatable bonds is 5. The molecule has 100 valence electrons. The van der Waals surface area contributed by atoms with Crippen LogP contribution in [0.2, 0.25) is 0 Å². The Morgan fingerprint density at radius 1 is 1.16 bits per heavy atom. The summed E-state index contributed by atoms with van der Waals surface area (Å²) in [6, 6.07) is 16.1. The second-order valence-corrected chi connectivity index (χ2v) is 5.92. The lowest BCUT2D eigenvalue weighted by Crippen LogP contribution is -2.24. The second kappa shape index (κ2) is 5.34. The van der Waals surface area contributed by atoms with Crippen LogP contribution in [0.1, 0.15) is 38.3 Å². The molecule has 0 aliphatic heterocycles. The van der Waals surface area contributed by atoms with Crippen molar-refractivity contribution >= 4 is 10.8 Å². The van der Waals surface area contributed by atoms with Crippen LogP contribution in [0.25, 0.3) is 10.8 Å². The number of benzene rings is 2. The Hall–Kier alpha value is -1.34. The number of nitrogens with one attached hydrogen (secondary N) is 1. The van der Waals surface area contributed by atoms with Gasteiger partial charge in [0.1, 0.15) is 0 Å². The Labute approximate surface area is 116 Å². The van der Waals surface area contributed by atoms with Crippen molar-refractivity contribution < 1.29 is 0 Å². The van der Waals surface area contributed by atoms with Crippen LogP contribution in [-0.4, -0.2) is 6.54 Å². The molecule has 0 amide bonds. The average molecular weight is 253 g/mol. The summed E-state index contributed by atoms with van der Waals surface area (Å²) in [6.45, 7) is 5.72. The fourth-order valence-corrected chi connectivity index (χ4v) is 3.03. The van der Waals surface area contributed by atoms with Crippen LogP contribution in [0.5, 0.6) is 0 Å². The highest BCUT2D eigenvalue weighted by atomic mass is 14.9. The molecule has 2 aromatic rings. The molecule has 1 fully saturated rings. The first-order valence-corrected chi connectivity index (χ1v) is 7.51. The molecule has 0 heterocycles. The van der Waals surface area contributed by atoms with E-state index in [1.807, 2.05) is 0 Å². The summed E-state index contributed by atoms with van der Waals surface area (Å²) < 4.78 is 0. The molecule has 1 heteroatoms. The van der Waals surface area contributed by atoms with Gasteiger partial charge in [0.2, 0.25) is 0 Å². The van der Waals surface area contributed by atoms with Crippen LogP contribution >= 0.6 is 0 Å². The molecule has 1 saturated carbocycles. The van der Waals surface area contributed by atoms with E-state index >= 15 is 0 Å². The quantitative estimate of drug-likeness (QED) is 0.825. The standard InChI is InChI=1S/C18H23N/c1-3-10-19-18(17-11-13(17)2)16-9-8-14-6-4-5-7-15(14)12-16/h4-9,12-13,17-19H,3,10-11H2,1-2H3. The molecule has 19 heavy (non-hydrogen) atoms. The third-order valence-electron chi connectivity index (χ3n) is 4.35. The van der Waals surface area contributed by atoms with Gasteiger partial charge < -0.3 is 5.32 Å². The Bertz CT molecular complexity index is 560. The van der Waals surface area contributed by atoms with Crippen molar-refractivity contribution in [3.05, 3.63) is 48.0 Å². The van der Waals surface area contributed by atoms with Crippen molar-refractivity contribution in [2.45, 2.75) is 32.7 Å². The molecule has 0 spiro atoms. The molecule has 0 saturated heterocycles. The summed E-state index contributed by atoms with van der Waals surface area (Å²) in [6.07, 6.45) is 2.57. The highest BCUT2D eigenvalue weighted by Crippen LogP contribution is 2.47. The molecular formula is C18H23N. The van der Waals surface area contributed by atoms with E-state index in [2.05, 4.69) is 61.6 Å². The molecule has 3 rings (SSSR count). The smallest absolute Gasteiger partial charge is 0.0351 e. The minimum absolute atomic E-state index is 0.541. The minimum Gasteiger partial charge on any atom is -0.310 e. The van der Waals surface area contributed by atoms with Gasteiger partial charge in [-0.25, -0.2) is 0 Å². The van der Waals surface area contributed by atoms with Crippen molar-refractivity contribution in [2.75, 3.05) is 6.54 Å². The Kier molecular flexibility index (Phi) is 3.56. The van der Waals surface area contributed by atoms with E-state index < -0.39 is 0 Å². The number of fused-ring (bicyclic) bond motifs is 1. The maximum absolute atomic E-state index is 3.74. The molecule has 1 nitrogen and oxygen atoms in total. The molecule has 0 bridgehead atoms. The second-order valence-electron chi connectivity index (χ2n) is 5.92. The molecule has 1 aliphatic carbocycles. The topological polar surface area (TPSA) is 12.0 Å². The van der Waals surface area contributed by atoms with Crippen molar-refractivity contribution in [2.24, 2.45) is 11.8 Å². The van der Waals surface area contributed by atoms with E-state index in [0.717, 1.165) is 18.4 Å². The molecule has 0 aromatic heterocycles. The molecule has 3 unspecified atom stereocenters. The molecule has 2 aromatic carbocycles. The zero-order chi connectivity index (χ0) is 13.2. The van der Waals surface area contributed by atoms with Gasteiger partial charge in [-0.2, -0.15) is 0 Å². The van der Waals surface area contributed by atoms with Gasteiger partial charge in [0, 0.05) is 6.04 Å². The van der Waals surface area contributed by atoms with Crippen molar-refractivity contribution in [1.29, 1.82) is 0 Å². The largest absolute Gasteiger partial charge is 0.310 e. The fraction of sp³-hybridized carbons (Fsp3) is 0.444. The molecule has 0 radical (unpaired) electrons. The summed E-state index contributed by atoms with van der Waals surface area (Å²) in [7, 11) is 0.